The van der Waals surface area contributed by atoms with Gasteiger partial charge in [0, 0.05) is 14.2 Å². The monoisotopic (exact) mass is 208 g/mol. The largest absolute Gasteiger partial charge is 0.484 e. The van der Waals surface area contributed by atoms with Crippen LogP contribution in [0.4, 0.5) is 0 Å². The summed E-state index contributed by atoms with van der Waals surface area (Å²) in [4.78, 5) is 13.4. The van der Waals surface area contributed by atoms with Crippen LogP contribution in [-0.4, -0.2) is 37.5 Å². The van der Waals surface area contributed by atoms with Gasteiger partial charge in [-0.25, -0.2) is 9.36 Å². The van der Waals surface area contributed by atoms with E-state index in [0.717, 1.165) is 21.3 Å². The number of esters is 1. The molecule has 0 amide bonds. The molecule has 0 aromatic heterocycles. The molecule has 0 radical (unpaired) electrons. The maximum absolute atomic E-state index is 11.4. The lowest BCUT2D eigenvalue weighted by Gasteiger charge is -2.06. The van der Waals surface area contributed by atoms with Crippen molar-refractivity contribution >= 4 is 19.0 Å². The molecule has 0 saturated carbocycles. The van der Waals surface area contributed by atoms with Gasteiger partial charge in [-0.1, -0.05) is 0 Å². The Morgan fingerprint density at radius 1 is 1.31 bits per heavy atom. The maximum Gasteiger partial charge on any atom is 0.484 e. The molecule has 0 atom stereocenters. The highest BCUT2D eigenvalue weighted by atomic mass is 31.2. The van der Waals surface area contributed by atoms with Gasteiger partial charge in [0.15, 0.2) is 0 Å². The van der Waals surface area contributed by atoms with Crippen molar-refractivity contribution < 1.29 is 27.9 Å². The third-order valence-electron chi connectivity index (χ3n) is 1.20. The fourth-order valence-corrected chi connectivity index (χ4v) is 1.47. The molecule has 13 heavy (non-hydrogen) atoms. The number of nitrogens with zero attached hydrogens (tertiary/aromatic N) is 2. The molecule has 0 fully saturated rings. The van der Waals surface area contributed by atoms with Crippen molar-refractivity contribution in [2.75, 3.05) is 21.3 Å². The van der Waals surface area contributed by atoms with Crippen molar-refractivity contribution in [3.8, 4) is 0 Å². The second-order valence-electron chi connectivity index (χ2n) is 1.78. The second-order valence-corrected chi connectivity index (χ2v) is 3.93. The van der Waals surface area contributed by atoms with E-state index >= 15 is 0 Å². The van der Waals surface area contributed by atoms with Gasteiger partial charge in [0.2, 0.25) is 0 Å². The van der Waals surface area contributed by atoms with Crippen molar-refractivity contribution in [3.63, 3.8) is 0 Å². The molecule has 0 unspecified atom stereocenters. The zero-order valence-electron chi connectivity index (χ0n) is 7.38. The average Bonchev–Trinajstić information content (AvgIpc) is 2.18. The van der Waals surface area contributed by atoms with Crippen LogP contribution < -0.4 is 0 Å². The van der Waals surface area contributed by atoms with E-state index in [9.17, 15) is 9.36 Å². The molecule has 0 N–H and O–H groups in total. The first-order chi connectivity index (χ1) is 6.05. The summed E-state index contributed by atoms with van der Waals surface area (Å²) in [6, 6.07) is 0. The summed E-state index contributed by atoms with van der Waals surface area (Å²) in [5.41, 5.74) is 7.59. The molecule has 0 aliphatic rings. The van der Waals surface area contributed by atoms with E-state index in [2.05, 4.69) is 18.6 Å². The van der Waals surface area contributed by atoms with Gasteiger partial charge in [0.05, 0.1) is 7.11 Å². The van der Waals surface area contributed by atoms with Crippen molar-refractivity contribution in [2.24, 2.45) is 0 Å². The Kier molecular flexibility index (Phi) is 4.51. The first-order valence-corrected chi connectivity index (χ1v) is 4.62. The van der Waals surface area contributed by atoms with Gasteiger partial charge in [-0.15, -0.1) is 4.79 Å². The molecule has 74 valence electrons. The Bertz CT molecular complexity index is 287. The van der Waals surface area contributed by atoms with Gasteiger partial charge in [-0.3, -0.25) is 0 Å². The molecule has 7 nitrogen and oxygen atoms in total. The molecule has 0 heterocycles. The molecule has 0 spiro atoms. The number of methoxy groups -OCH3 is 1. The fourth-order valence-electron chi connectivity index (χ4n) is 0.546. The van der Waals surface area contributed by atoms with Crippen LogP contribution >= 0.6 is 7.60 Å². The van der Waals surface area contributed by atoms with Crippen LogP contribution in [0.15, 0.2) is 0 Å². The maximum atomic E-state index is 11.4. The second kappa shape index (κ2) is 4.89. The van der Waals surface area contributed by atoms with Crippen molar-refractivity contribution in [1.82, 2.24) is 0 Å². The van der Waals surface area contributed by atoms with E-state index in [4.69, 9.17) is 5.53 Å². The van der Waals surface area contributed by atoms with Gasteiger partial charge < -0.3 is 19.3 Å². The Morgan fingerprint density at radius 3 is 2.00 bits per heavy atom. The minimum absolute atomic E-state index is 0.792. The number of rotatable bonds is 4. The highest BCUT2D eigenvalue weighted by Crippen LogP contribution is 2.47. The summed E-state index contributed by atoms with van der Waals surface area (Å²) in [6.45, 7) is 0. The van der Waals surface area contributed by atoms with Gasteiger partial charge in [0.1, 0.15) is 0 Å². The summed E-state index contributed by atoms with van der Waals surface area (Å²) < 4.78 is 24.4. The van der Waals surface area contributed by atoms with E-state index in [1.807, 2.05) is 0 Å². The number of hydrogen-bond acceptors (Lipinski definition) is 5. The molecule has 0 saturated heterocycles. The summed E-state index contributed by atoms with van der Waals surface area (Å²) in [5.74, 6) is -1.07. The summed E-state index contributed by atoms with van der Waals surface area (Å²) in [6.07, 6.45) is 0. The lowest BCUT2D eigenvalue weighted by molar-refractivity contribution is -0.136. The molecular formula is C5H9N2O5P. The zero-order chi connectivity index (χ0) is 10.5. The van der Waals surface area contributed by atoms with Gasteiger partial charge in [-0.05, 0) is 0 Å². The van der Waals surface area contributed by atoms with E-state index in [1.54, 1.807) is 0 Å². The first-order valence-electron chi connectivity index (χ1n) is 3.08. The Labute approximate surface area is 74.7 Å². The molecule has 0 aliphatic heterocycles. The number of hydrogen-bond donors (Lipinski definition) is 0. The summed E-state index contributed by atoms with van der Waals surface area (Å²) in [5, 5.41) is 0. The van der Waals surface area contributed by atoms with Crippen LogP contribution in [0, 0.1) is 0 Å². The third-order valence-corrected chi connectivity index (χ3v) is 2.96. The van der Waals surface area contributed by atoms with Gasteiger partial charge in [-0.2, -0.15) is 0 Å². The van der Waals surface area contributed by atoms with Gasteiger partial charge in [0.25, 0.3) is 0 Å². The zero-order valence-corrected chi connectivity index (χ0v) is 8.28. The molecule has 0 rings (SSSR count). The lowest BCUT2D eigenvalue weighted by Crippen LogP contribution is -2.18. The van der Waals surface area contributed by atoms with E-state index in [0.29, 0.717) is 0 Å². The first kappa shape index (κ1) is 12.0. The minimum atomic E-state index is -3.84. The van der Waals surface area contributed by atoms with E-state index in [1.165, 1.54) is 0 Å². The third kappa shape index (κ3) is 2.47. The highest BCUT2D eigenvalue weighted by molar-refractivity contribution is 7.74. The van der Waals surface area contributed by atoms with Crippen molar-refractivity contribution in [1.29, 1.82) is 0 Å². The number of ether oxygens (including phenoxy) is 1. The normalized spacial score (nSPS) is 10.4. The van der Waals surface area contributed by atoms with E-state index in [-0.39, 0.29) is 0 Å². The summed E-state index contributed by atoms with van der Waals surface area (Å²) in [7, 11) is -0.686. The van der Waals surface area contributed by atoms with Crippen LogP contribution in [-0.2, 0) is 23.1 Å². The van der Waals surface area contributed by atoms with E-state index < -0.39 is 19.0 Å². The quantitative estimate of drug-likeness (QED) is 0.217. The predicted molar refractivity (Wildman–Crippen MR) is 42.3 cm³/mol. The van der Waals surface area contributed by atoms with Crippen LogP contribution in [0.25, 0.3) is 5.53 Å². The van der Waals surface area contributed by atoms with Gasteiger partial charge >= 0.3 is 19.0 Å². The Balaban J connectivity index is 5.11. The fraction of sp³-hybridized carbons (Fsp3) is 0.600. The smallest absolute Gasteiger partial charge is 0.460 e. The van der Waals surface area contributed by atoms with Crippen LogP contribution in [0.5, 0.6) is 0 Å². The highest BCUT2D eigenvalue weighted by Gasteiger charge is 2.45. The standard InChI is InChI=1S/C5H9N2O5P/c1-10-5(8)4(7-6)13(9,11-2)12-3/h1-3H3. The molecule has 0 bridgehead atoms. The van der Waals surface area contributed by atoms with Crippen LogP contribution in [0.2, 0.25) is 0 Å². The molecule has 0 aromatic rings. The Morgan fingerprint density at radius 2 is 1.77 bits per heavy atom. The Hall–Kier alpha value is -1.00. The topological polar surface area (TPSA) is 98.2 Å². The molecule has 0 aromatic carbocycles. The van der Waals surface area contributed by atoms with Crippen LogP contribution in [0.3, 0.4) is 0 Å². The molecular weight excluding hydrogens is 199 g/mol. The number of carbonyl (C=O) groups excluding carboxylic acids is 1. The molecule has 8 heteroatoms. The van der Waals surface area contributed by atoms with Crippen molar-refractivity contribution in [2.45, 2.75) is 0 Å². The number of carbonyl (C=O) groups is 1. The lowest BCUT2D eigenvalue weighted by atomic mass is 10.7. The minimum Gasteiger partial charge on any atom is -0.460 e. The van der Waals surface area contributed by atoms with Crippen molar-refractivity contribution in [3.05, 3.63) is 5.53 Å². The van der Waals surface area contributed by atoms with Crippen LogP contribution in [0.1, 0.15) is 0 Å². The average molecular weight is 208 g/mol. The predicted octanol–water partition coefficient (Wildman–Crippen LogP) is 0.274. The summed E-state index contributed by atoms with van der Waals surface area (Å²) >= 11 is 0. The molecule has 0 aliphatic carbocycles. The SMILES string of the molecule is COC(=O)C(=[N+]=[N-])P(=O)(OC)OC.